The molecule has 0 aliphatic carbocycles. The Labute approximate surface area is 157 Å². The van der Waals surface area contributed by atoms with Crippen LogP contribution in [0.15, 0.2) is 48.0 Å². The number of amides is 1. The highest BCUT2D eigenvalue weighted by Crippen LogP contribution is 2.24. The van der Waals surface area contributed by atoms with E-state index in [1.807, 2.05) is 48.7 Å². The number of thiazole rings is 1. The van der Waals surface area contributed by atoms with E-state index in [0.717, 1.165) is 22.0 Å². The molecule has 0 radical (unpaired) electrons. The third-order valence-corrected chi connectivity index (χ3v) is 5.36. The Morgan fingerprint density at radius 1 is 1.04 bits per heavy atom. The van der Waals surface area contributed by atoms with E-state index in [2.05, 4.69) is 29.0 Å². The Hall–Kier alpha value is -2.60. The van der Waals surface area contributed by atoms with Crippen molar-refractivity contribution < 1.29 is 4.79 Å². The van der Waals surface area contributed by atoms with Gasteiger partial charge < -0.3 is 4.90 Å². The largest absolute Gasteiger partial charge is 0.333 e. The molecule has 0 bridgehead atoms. The fourth-order valence-electron chi connectivity index (χ4n) is 2.57. The third-order valence-electron chi connectivity index (χ3n) is 4.41. The van der Waals surface area contributed by atoms with E-state index in [1.54, 1.807) is 29.5 Å². The van der Waals surface area contributed by atoms with Crippen molar-refractivity contribution in [2.45, 2.75) is 32.7 Å². The standard InChI is InChI=1S/C20H22N4OS/c1-13(2)17-9-10-18(23-22-17)15-5-7-16(8-6-15)20(25)24(4)14(3)19-21-11-12-26-19/h5-14H,1-4H3/t14-/m0/s1. The van der Waals surface area contributed by atoms with Gasteiger partial charge in [0.1, 0.15) is 5.01 Å². The molecule has 2 aromatic heterocycles. The lowest BCUT2D eigenvalue weighted by Crippen LogP contribution is -2.29. The molecule has 0 fully saturated rings. The lowest BCUT2D eigenvalue weighted by atomic mass is 10.1. The first-order valence-electron chi connectivity index (χ1n) is 8.58. The van der Waals surface area contributed by atoms with Crippen LogP contribution in [0.4, 0.5) is 0 Å². The molecule has 1 amide bonds. The third kappa shape index (κ3) is 3.80. The van der Waals surface area contributed by atoms with Crippen LogP contribution in [0, 0.1) is 0 Å². The van der Waals surface area contributed by atoms with E-state index < -0.39 is 0 Å². The van der Waals surface area contributed by atoms with E-state index in [4.69, 9.17) is 0 Å². The average Bonchev–Trinajstić information content (AvgIpc) is 3.21. The summed E-state index contributed by atoms with van der Waals surface area (Å²) in [7, 11) is 1.80. The van der Waals surface area contributed by atoms with Gasteiger partial charge in [-0.05, 0) is 37.1 Å². The molecule has 0 aliphatic heterocycles. The van der Waals surface area contributed by atoms with Crippen LogP contribution in [0.3, 0.4) is 0 Å². The first kappa shape index (κ1) is 18.2. The zero-order valence-electron chi connectivity index (χ0n) is 15.4. The zero-order chi connectivity index (χ0) is 18.7. The monoisotopic (exact) mass is 366 g/mol. The molecule has 3 aromatic rings. The number of benzene rings is 1. The number of rotatable bonds is 5. The first-order chi connectivity index (χ1) is 12.5. The highest BCUT2D eigenvalue weighted by molar-refractivity contribution is 7.09. The highest BCUT2D eigenvalue weighted by atomic mass is 32.1. The van der Waals surface area contributed by atoms with Crippen LogP contribution < -0.4 is 0 Å². The van der Waals surface area contributed by atoms with E-state index in [1.165, 1.54) is 0 Å². The Morgan fingerprint density at radius 3 is 2.31 bits per heavy atom. The van der Waals surface area contributed by atoms with Crippen molar-refractivity contribution in [3.05, 3.63) is 64.2 Å². The predicted octanol–water partition coefficient (Wildman–Crippen LogP) is 4.56. The normalized spacial score (nSPS) is 12.2. The van der Waals surface area contributed by atoms with Crippen molar-refractivity contribution in [2.24, 2.45) is 0 Å². The second-order valence-corrected chi connectivity index (χ2v) is 7.46. The van der Waals surface area contributed by atoms with Crippen LogP contribution in [-0.4, -0.2) is 33.0 Å². The Morgan fingerprint density at radius 2 is 1.77 bits per heavy atom. The van der Waals surface area contributed by atoms with Gasteiger partial charge >= 0.3 is 0 Å². The van der Waals surface area contributed by atoms with Gasteiger partial charge in [-0.25, -0.2) is 4.98 Å². The van der Waals surface area contributed by atoms with Gasteiger partial charge in [0.15, 0.2) is 0 Å². The minimum atomic E-state index is -0.0587. The summed E-state index contributed by atoms with van der Waals surface area (Å²) < 4.78 is 0. The predicted molar refractivity (Wildman–Crippen MR) is 104 cm³/mol. The fourth-order valence-corrected chi connectivity index (χ4v) is 3.31. The summed E-state index contributed by atoms with van der Waals surface area (Å²) in [5.74, 6) is 0.326. The van der Waals surface area contributed by atoms with Crippen molar-refractivity contribution in [2.75, 3.05) is 7.05 Å². The van der Waals surface area contributed by atoms with Crippen LogP contribution in [0.5, 0.6) is 0 Å². The molecule has 5 nitrogen and oxygen atoms in total. The molecule has 0 spiro atoms. The minimum Gasteiger partial charge on any atom is -0.333 e. The number of hydrogen-bond acceptors (Lipinski definition) is 5. The number of aromatic nitrogens is 3. The van der Waals surface area contributed by atoms with Gasteiger partial charge in [0.2, 0.25) is 0 Å². The van der Waals surface area contributed by atoms with E-state index in [9.17, 15) is 4.79 Å². The van der Waals surface area contributed by atoms with Gasteiger partial charge in [-0.1, -0.05) is 26.0 Å². The summed E-state index contributed by atoms with van der Waals surface area (Å²) in [4.78, 5) is 18.7. The maximum Gasteiger partial charge on any atom is 0.254 e. The highest BCUT2D eigenvalue weighted by Gasteiger charge is 2.20. The lowest BCUT2D eigenvalue weighted by molar-refractivity contribution is 0.0742. The van der Waals surface area contributed by atoms with Crippen LogP contribution in [0.2, 0.25) is 0 Å². The van der Waals surface area contributed by atoms with Crippen molar-refractivity contribution >= 4 is 17.2 Å². The van der Waals surface area contributed by atoms with Gasteiger partial charge in [-0.15, -0.1) is 11.3 Å². The Kier molecular flexibility index (Phi) is 5.42. The zero-order valence-corrected chi connectivity index (χ0v) is 16.2. The Balaban J connectivity index is 1.75. The second kappa shape index (κ2) is 7.74. The van der Waals surface area contributed by atoms with Crippen molar-refractivity contribution in [1.29, 1.82) is 0 Å². The lowest BCUT2D eigenvalue weighted by Gasteiger charge is -2.23. The van der Waals surface area contributed by atoms with Crippen molar-refractivity contribution in [3.8, 4) is 11.3 Å². The molecule has 134 valence electrons. The molecule has 1 aromatic carbocycles. The summed E-state index contributed by atoms with van der Waals surface area (Å²) >= 11 is 1.55. The quantitative estimate of drug-likeness (QED) is 0.664. The molecule has 0 saturated carbocycles. The summed E-state index contributed by atoms with van der Waals surface area (Å²) in [5, 5.41) is 11.4. The number of nitrogens with zero attached hydrogens (tertiary/aromatic N) is 4. The molecule has 26 heavy (non-hydrogen) atoms. The first-order valence-corrected chi connectivity index (χ1v) is 9.46. The summed E-state index contributed by atoms with van der Waals surface area (Å²) in [6.45, 7) is 6.16. The van der Waals surface area contributed by atoms with Crippen LogP contribution >= 0.6 is 11.3 Å². The molecule has 0 unspecified atom stereocenters. The summed E-state index contributed by atoms with van der Waals surface area (Å²) in [6, 6.07) is 11.4. The molecule has 6 heteroatoms. The molecule has 0 aliphatic rings. The van der Waals surface area contributed by atoms with Gasteiger partial charge in [0.05, 0.1) is 17.4 Å². The SMILES string of the molecule is CC(C)c1ccc(-c2ccc(C(=O)N(C)[C@@H](C)c3nccs3)cc2)nn1. The smallest absolute Gasteiger partial charge is 0.254 e. The number of carbonyl (C=O) groups is 1. The summed E-state index contributed by atoms with van der Waals surface area (Å²) in [6.07, 6.45) is 1.76. The number of hydrogen-bond donors (Lipinski definition) is 0. The molecular weight excluding hydrogens is 344 g/mol. The van der Waals surface area contributed by atoms with E-state index >= 15 is 0 Å². The Bertz CT molecular complexity index is 858. The van der Waals surface area contributed by atoms with Gasteiger partial charge in [0, 0.05) is 29.8 Å². The van der Waals surface area contributed by atoms with Gasteiger partial charge in [-0.3, -0.25) is 4.79 Å². The van der Waals surface area contributed by atoms with E-state index in [-0.39, 0.29) is 11.9 Å². The topological polar surface area (TPSA) is 59.0 Å². The van der Waals surface area contributed by atoms with Crippen LogP contribution in [-0.2, 0) is 0 Å². The number of carbonyl (C=O) groups excluding carboxylic acids is 1. The van der Waals surface area contributed by atoms with Crippen molar-refractivity contribution in [1.82, 2.24) is 20.1 Å². The molecule has 3 rings (SSSR count). The molecule has 0 N–H and O–H groups in total. The van der Waals surface area contributed by atoms with Crippen LogP contribution in [0.25, 0.3) is 11.3 Å². The maximum atomic E-state index is 12.7. The fraction of sp³-hybridized carbons (Fsp3) is 0.300. The maximum absolute atomic E-state index is 12.7. The van der Waals surface area contributed by atoms with Crippen molar-refractivity contribution in [3.63, 3.8) is 0 Å². The van der Waals surface area contributed by atoms with Gasteiger partial charge in [-0.2, -0.15) is 10.2 Å². The summed E-state index contributed by atoms with van der Waals surface area (Å²) in [5.41, 5.74) is 3.36. The minimum absolute atomic E-state index is 0.0273. The van der Waals surface area contributed by atoms with Crippen LogP contribution in [0.1, 0.15) is 53.8 Å². The molecule has 1 atom stereocenters. The molecular formula is C20H22N4OS. The van der Waals surface area contributed by atoms with E-state index in [0.29, 0.717) is 11.5 Å². The second-order valence-electron chi connectivity index (χ2n) is 6.54. The average molecular weight is 366 g/mol. The molecule has 2 heterocycles. The van der Waals surface area contributed by atoms with Gasteiger partial charge in [0.25, 0.3) is 5.91 Å². The molecule has 0 saturated heterocycles.